The van der Waals surface area contributed by atoms with E-state index >= 15 is 0 Å². The zero-order valence-corrected chi connectivity index (χ0v) is 14.1. The van der Waals surface area contributed by atoms with Crippen LogP contribution in [0, 0.1) is 6.92 Å². The molecular formula is C18H29N3O. The lowest BCUT2D eigenvalue weighted by molar-refractivity contribution is -0.123. The van der Waals surface area contributed by atoms with E-state index in [4.69, 9.17) is 0 Å². The van der Waals surface area contributed by atoms with Gasteiger partial charge in [-0.05, 0) is 31.4 Å². The molecule has 1 aliphatic heterocycles. The number of anilines is 1. The van der Waals surface area contributed by atoms with Crippen LogP contribution in [0.25, 0.3) is 0 Å². The number of nitrogens with zero attached hydrogens (tertiary/aromatic N) is 2. The lowest BCUT2D eigenvalue weighted by Gasteiger charge is -2.36. The third kappa shape index (κ3) is 4.47. The number of piperazine rings is 1. The lowest BCUT2D eigenvalue weighted by atomic mass is 10.1. The molecule has 1 N–H and O–H groups in total. The molecule has 1 amide bonds. The first kappa shape index (κ1) is 16.8. The van der Waals surface area contributed by atoms with Gasteiger partial charge < -0.3 is 10.2 Å². The van der Waals surface area contributed by atoms with Crippen molar-refractivity contribution in [3.63, 3.8) is 0 Å². The molecule has 0 aromatic heterocycles. The number of carbonyl (C=O) groups excluding carboxylic acids is 1. The highest BCUT2D eigenvalue weighted by Gasteiger charge is 2.20. The highest BCUT2D eigenvalue weighted by Crippen LogP contribution is 2.20. The van der Waals surface area contributed by atoms with Crippen molar-refractivity contribution in [1.29, 1.82) is 0 Å². The Labute approximate surface area is 134 Å². The molecular weight excluding hydrogens is 274 g/mol. The molecule has 122 valence electrons. The number of benzene rings is 1. The summed E-state index contributed by atoms with van der Waals surface area (Å²) in [6.45, 7) is 10.8. The van der Waals surface area contributed by atoms with E-state index in [1.165, 1.54) is 11.3 Å². The summed E-state index contributed by atoms with van der Waals surface area (Å²) in [5.41, 5.74) is 2.64. The Balaban J connectivity index is 1.80. The Hall–Kier alpha value is -1.55. The fourth-order valence-corrected chi connectivity index (χ4v) is 3.03. The Morgan fingerprint density at radius 3 is 2.36 bits per heavy atom. The van der Waals surface area contributed by atoms with E-state index < -0.39 is 0 Å². The van der Waals surface area contributed by atoms with Crippen LogP contribution >= 0.6 is 0 Å². The number of para-hydroxylation sites is 1. The zero-order chi connectivity index (χ0) is 15.9. The average Bonchev–Trinajstić information content (AvgIpc) is 2.54. The van der Waals surface area contributed by atoms with E-state index in [2.05, 4.69) is 60.2 Å². The molecule has 0 bridgehead atoms. The summed E-state index contributed by atoms with van der Waals surface area (Å²) in [5.74, 6) is 0.165. The van der Waals surface area contributed by atoms with Crippen molar-refractivity contribution in [2.45, 2.75) is 39.7 Å². The standard InChI is InChI=1S/C18H29N3O/c1-4-16(5-2)19-18(22)14-20-10-12-21(13-11-20)17-9-7-6-8-15(17)3/h6-9,16H,4-5,10-14H2,1-3H3,(H,19,22). The summed E-state index contributed by atoms with van der Waals surface area (Å²) < 4.78 is 0. The molecule has 1 aromatic rings. The number of amides is 1. The number of nitrogens with one attached hydrogen (secondary N) is 1. The first-order chi connectivity index (χ1) is 10.6. The van der Waals surface area contributed by atoms with Gasteiger partial charge in [0.2, 0.25) is 5.91 Å². The third-order valence-corrected chi connectivity index (χ3v) is 4.55. The van der Waals surface area contributed by atoms with Crippen molar-refractivity contribution in [3.8, 4) is 0 Å². The van der Waals surface area contributed by atoms with E-state index in [-0.39, 0.29) is 5.91 Å². The molecule has 1 fully saturated rings. The SMILES string of the molecule is CCC(CC)NC(=O)CN1CCN(c2ccccc2C)CC1. The predicted octanol–water partition coefficient (Wildman–Crippen LogP) is 2.42. The molecule has 2 rings (SSSR count). The molecule has 1 heterocycles. The predicted molar refractivity (Wildman–Crippen MR) is 92.3 cm³/mol. The van der Waals surface area contributed by atoms with Gasteiger partial charge >= 0.3 is 0 Å². The summed E-state index contributed by atoms with van der Waals surface area (Å²) >= 11 is 0. The Bertz CT molecular complexity index is 477. The fraction of sp³-hybridized carbons (Fsp3) is 0.611. The van der Waals surface area contributed by atoms with Gasteiger partial charge in [0.25, 0.3) is 0 Å². The molecule has 0 radical (unpaired) electrons. The first-order valence-corrected chi connectivity index (χ1v) is 8.46. The Kier molecular flexibility index (Phi) is 6.25. The van der Waals surface area contributed by atoms with Crippen molar-refractivity contribution in [3.05, 3.63) is 29.8 Å². The highest BCUT2D eigenvalue weighted by molar-refractivity contribution is 5.78. The maximum atomic E-state index is 12.1. The number of rotatable bonds is 6. The second kappa shape index (κ2) is 8.18. The summed E-state index contributed by atoms with van der Waals surface area (Å²) in [5, 5.41) is 3.12. The molecule has 1 aliphatic rings. The van der Waals surface area contributed by atoms with Crippen LogP contribution in [0.15, 0.2) is 24.3 Å². The van der Waals surface area contributed by atoms with Crippen molar-refractivity contribution in [2.75, 3.05) is 37.6 Å². The molecule has 22 heavy (non-hydrogen) atoms. The van der Waals surface area contributed by atoms with Crippen molar-refractivity contribution >= 4 is 11.6 Å². The van der Waals surface area contributed by atoms with Crippen molar-refractivity contribution in [1.82, 2.24) is 10.2 Å². The van der Waals surface area contributed by atoms with E-state index in [9.17, 15) is 4.79 Å². The lowest BCUT2D eigenvalue weighted by Crippen LogP contribution is -2.50. The molecule has 1 saturated heterocycles. The highest BCUT2D eigenvalue weighted by atomic mass is 16.2. The Morgan fingerprint density at radius 2 is 1.77 bits per heavy atom. The smallest absolute Gasteiger partial charge is 0.234 e. The van der Waals surface area contributed by atoms with Gasteiger partial charge in [0.1, 0.15) is 0 Å². The average molecular weight is 303 g/mol. The van der Waals surface area contributed by atoms with Crippen molar-refractivity contribution in [2.24, 2.45) is 0 Å². The summed E-state index contributed by atoms with van der Waals surface area (Å²) in [6, 6.07) is 8.84. The van der Waals surface area contributed by atoms with Gasteiger partial charge in [0.05, 0.1) is 6.54 Å². The van der Waals surface area contributed by atoms with Crippen molar-refractivity contribution < 1.29 is 4.79 Å². The van der Waals surface area contributed by atoms with Crippen LogP contribution in [0.5, 0.6) is 0 Å². The van der Waals surface area contributed by atoms with Gasteiger partial charge in [-0.15, -0.1) is 0 Å². The minimum atomic E-state index is 0.165. The topological polar surface area (TPSA) is 35.6 Å². The van der Waals surface area contributed by atoms with Crippen LogP contribution in [0.1, 0.15) is 32.3 Å². The first-order valence-electron chi connectivity index (χ1n) is 8.46. The van der Waals surface area contributed by atoms with Gasteiger partial charge in [0.15, 0.2) is 0 Å². The monoisotopic (exact) mass is 303 g/mol. The van der Waals surface area contributed by atoms with Crippen LogP contribution in [0.3, 0.4) is 0 Å². The van der Waals surface area contributed by atoms with Gasteiger partial charge in [-0.25, -0.2) is 0 Å². The maximum Gasteiger partial charge on any atom is 0.234 e. The van der Waals surface area contributed by atoms with Crippen LogP contribution in [0.4, 0.5) is 5.69 Å². The van der Waals surface area contributed by atoms with Gasteiger partial charge in [-0.1, -0.05) is 32.0 Å². The van der Waals surface area contributed by atoms with E-state index in [0.717, 1.165) is 39.0 Å². The molecule has 4 heteroatoms. The number of carbonyl (C=O) groups is 1. The Morgan fingerprint density at radius 1 is 1.14 bits per heavy atom. The minimum Gasteiger partial charge on any atom is -0.369 e. The fourth-order valence-electron chi connectivity index (χ4n) is 3.03. The van der Waals surface area contributed by atoms with E-state index in [1.807, 2.05) is 0 Å². The summed E-state index contributed by atoms with van der Waals surface area (Å²) in [7, 11) is 0. The summed E-state index contributed by atoms with van der Waals surface area (Å²) in [6.07, 6.45) is 2.01. The van der Waals surface area contributed by atoms with Gasteiger partial charge in [0, 0.05) is 37.9 Å². The van der Waals surface area contributed by atoms with Crippen LogP contribution < -0.4 is 10.2 Å². The molecule has 1 aromatic carbocycles. The number of hydrogen-bond donors (Lipinski definition) is 1. The second-order valence-corrected chi connectivity index (χ2v) is 6.13. The third-order valence-electron chi connectivity index (χ3n) is 4.55. The van der Waals surface area contributed by atoms with E-state index in [0.29, 0.717) is 12.6 Å². The normalized spacial score (nSPS) is 16.1. The van der Waals surface area contributed by atoms with Gasteiger partial charge in [-0.2, -0.15) is 0 Å². The summed E-state index contributed by atoms with van der Waals surface area (Å²) in [4.78, 5) is 16.8. The maximum absolute atomic E-state index is 12.1. The molecule has 0 unspecified atom stereocenters. The second-order valence-electron chi connectivity index (χ2n) is 6.13. The van der Waals surface area contributed by atoms with Crippen LogP contribution in [-0.2, 0) is 4.79 Å². The zero-order valence-electron chi connectivity index (χ0n) is 14.1. The molecule has 0 saturated carbocycles. The van der Waals surface area contributed by atoms with Crippen LogP contribution in [0.2, 0.25) is 0 Å². The molecule has 0 aliphatic carbocycles. The molecule has 0 atom stereocenters. The molecule has 4 nitrogen and oxygen atoms in total. The van der Waals surface area contributed by atoms with E-state index in [1.54, 1.807) is 0 Å². The number of hydrogen-bond acceptors (Lipinski definition) is 3. The number of aryl methyl sites for hydroxylation is 1. The molecule has 0 spiro atoms. The van der Waals surface area contributed by atoms with Crippen LogP contribution in [-0.4, -0.2) is 49.6 Å². The minimum absolute atomic E-state index is 0.165. The quantitative estimate of drug-likeness (QED) is 0.876. The van der Waals surface area contributed by atoms with Gasteiger partial charge in [-0.3, -0.25) is 9.69 Å². The largest absolute Gasteiger partial charge is 0.369 e.